The van der Waals surface area contributed by atoms with E-state index in [4.69, 9.17) is 14.6 Å². The Kier molecular flexibility index (Phi) is 7.32. The molecule has 0 saturated heterocycles. The summed E-state index contributed by atoms with van der Waals surface area (Å²) in [4.78, 5) is 33.6. The molecule has 3 unspecified atom stereocenters. The number of carbonyl (C=O) groups is 3. The van der Waals surface area contributed by atoms with Gasteiger partial charge >= 0.3 is 17.9 Å². The van der Waals surface area contributed by atoms with Gasteiger partial charge in [-0.3, -0.25) is 14.4 Å². The average Bonchev–Trinajstić information content (AvgIpc) is 2.38. The van der Waals surface area contributed by atoms with Gasteiger partial charge in [-0.2, -0.15) is 0 Å². The van der Waals surface area contributed by atoms with Crippen LogP contribution in [-0.2, 0) is 23.9 Å². The van der Waals surface area contributed by atoms with E-state index < -0.39 is 24.0 Å². The summed E-state index contributed by atoms with van der Waals surface area (Å²) in [6.45, 7) is 0. The normalized spacial score (nSPS) is 26.5. The van der Waals surface area contributed by atoms with Crippen molar-refractivity contribution in [1.29, 1.82) is 0 Å². The molecule has 3 atom stereocenters. The highest BCUT2D eigenvalue weighted by Gasteiger charge is 2.38. The van der Waals surface area contributed by atoms with Crippen LogP contribution in [0.5, 0.6) is 0 Å². The fourth-order valence-corrected chi connectivity index (χ4v) is 2.39. The standard InChI is InChI=1S/C11H14I2O6/c12-4-9(14)18-6-1-2-7(11(16)17)8(3-6)19-10(15)5-13/h6-8H,1-5H2,(H,16,17). The van der Waals surface area contributed by atoms with E-state index in [1.807, 2.05) is 45.2 Å². The molecule has 0 aromatic rings. The molecule has 1 aliphatic rings. The van der Waals surface area contributed by atoms with Gasteiger partial charge in [-0.25, -0.2) is 0 Å². The van der Waals surface area contributed by atoms with Gasteiger partial charge in [0.1, 0.15) is 12.2 Å². The van der Waals surface area contributed by atoms with Crippen LogP contribution in [0.2, 0.25) is 0 Å². The average molecular weight is 496 g/mol. The maximum absolute atomic E-state index is 11.3. The molecule has 8 heteroatoms. The third-order valence-electron chi connectivity index (χ3n) is 2.86. The number of esters is 2. The monoisotopic (exact) mass is 496 g/mol. The molecule has 0 bridgehead atoms. The third-order valence-corrected chi connectivity index (χ3v) is 4.11. The van der Waals surface area contributed by atoms with Gasteiger partial charge < -0.3 is 14.6 Å². The molecule has 6 nitrogen and oxygen atoms in total. The van der Waals surface area contributed by atoms with Crippen LogP contribution < -0.4 is 0 Å². The number of alkyl halides is 2. The van der Waals surface area contributed by atoms with Crippen LogP contribution in [0, 0.1) is 5.92 Å². The topological polar surface area (TPSA) is 89.9 Å². The van der Waals surface area contributed by atoms with Crippen LogP contribution in [0.15, 0.2) is 0 Å². The zero-order valence-electron chi connectivity index (χ0n) is 10.0. The first-order chi connectivity index (χ1) is 8.97. The molecule has 108 valence electrons. The van der Waals surface area contributed by atoms with Gasteiger partial charge in [0.25, 0.3) is 0 Å². The quantitative estimate of drug-likeness (QED) is 0.354. The van der Waals surface area contributed by atoms with Crippen molar-refractivity contribution in [2.45, 2.75) is 31.5 Å². The Morgan fingerprint density at radius 2 is 1.63 bits per heavy atom. The Balaban J connectivity index is 2.65. The molecule has 1 fully saturated rings. The van der Waals surface area contributed by atoms with Crippen molar-refractivity contribution in [2.75, 3.05) is 8.86 Å². The Morgan fingerprint density at radius 1 is 1.05 bits per heavy atom. The van der Waals surface area contributed by atoms with Crippen molar-refractivity contribution in [3.05, 3.63) is 0 Å². The number of hydrogen-bond acceptors (Lipinski definition) is 5. The molecule has 0 aromatic heterocycles. The molecule has 0 aliphatic heterocycles. The summed E-state index contributed by atoms with van der Waals surface area (Å²) >= 11 is 3.76. The molecule has 19 heavy (non-hydrogen) atoms. The van der Waals surface area contributed by atoms with E-state index in [1.165, 1.54) is 0 Å². The second-order valence-corrected chi connectivity index (χ2v) is 5.69. The number of halogens is 2. The van der Waals surface area contributed by atoms with Crippen LogP contribution in [0.1, 0.15) is 19.3 Å². The maximum atomic E-state index is 11.3. The first-order valence-electron chi connectivity index (χ1n) is 5.71. The second-order valence-electron chi connectivity index (χ2n) is 4.17. The molecule has 1 aliphatic carbocycles. The first kappa shape index (κ1) is 16.9. The summed E-state index contributed by atoms with van der Waals surface area (Å²) in [5.41, 5.74) is 0. The number of carboxylic acids is 1. The molecule has 0 aromatic carbocycles. The van der Waals surface area contributed by atoms with Gasteiger partial charge in [-0.15, -0.1) is 0 Å². The minimum Gasteiger partial charge on any atom is -0.481 e. The van der Waals surface area contributed by atoms with E-state index in [1.54, 1.807) is 0 Å². The first-order valence-corrected chi connectivity index (χ1v) is 8.76. The Morgan fingerprint density at radius 3 is 2.16 bits per heavy atom. The third kappa shape index (κ3) is 5.40. The summed E-state index contributed by atoms with van der Waals surface area (Å²) in [6, 6.07) is 0. The highest BCUT2D eigenvalue weighted by Crippen LogP contribution is 2.29. The van der Waals surface area contributed by atoms with E-state index in [0.717, 1.165) is 0 Å². The fraction of sp³-hybridized carbons (Fsp3) is 0.727. The van der Waals surface area contributed by atoms with Gasteiger partial charge in [0.15, 0.2) is 0 Å². The largest absolute Gasteiger partial charge is 0.481 e. The zero-order valence-corrected chi connectivity index (χ0v) is 14.3. The van der Waals surface area contributed by atoms with E-state index in [0.29, 0.717) is 12.8 Å². The Bertz CT molecular complexity index is 359. The highest BCUT2D eigenvalue weighted by atomic mass is 127. The van der Waals surface area contributed by atoms with Crippen molar-refractivity contribution in [1.82, 2.24) is 0 Å². The Labute approximate surface area is 137 Å². The number of carboxylic acid groups (broad SMARTS) is 1. The predicted octanol–water partition coefficient (Wildman–Crippen LogP) is 1.56. The van der Waals surface area contributed by atoms with Gasteiger partial charge in [-0.05, 0) is 12.8 Å². The summed E-state index contributed by atoms with van der Waals surface area (Å²) < 4.78 is 10.7. The van der Waals surface area contributed by atoms with Gasteiger partial charge in [-0.1, -0.05) is 45.2 Å². The lowest BCUT2D eigenvalue weighted by Crippen LogP contribution is -2.41. The van der Waals surface area contributed by atoms with Gasteiger partial charge in [0.05, 0.1) is 14.8 Å². The van der Waals surface area contributed by atoms with E-state index >= 15 is 0 Å². The molecule has 1 rings (SSSR count). The molecule has 0 spiro atoms. The van der Waals surface area contributed by atoms with Gasteiger partial charge in [0.2, 0.25) is 0 Å². The SMILES string of the molecule is O=C(CI)OC1CCC(C(=O)O)C(OC(=O)CI)C1. The van der Waals surface area contributed by atoms with E-state index in [2.05, 4.69) is 0 Å². The summed E-state index contributed by atoms with van der Waals surface area (Å²) in [5, 5.41) is 9.11. The summed E-state index contributed by atoms with van der Waals surface area (Å²) in [6.07, 6.45) is -0.0158. The van der Waals surface area contributed by atoms with E-state index in [-0.39, 0.29) is 27.3 Å². The lowest BCUT2D eigenvalue weighted by atomic mass is 9.84. The van der Waals surface area contributed by atoms with Gasteiger partial charge in [0, 0.05) is 6.42 Å². The highest BCUT2D eigenvalue weighted by molar-refractivity contribution is 14.1. The van der Waals surface area contributed by atoms with Crippen molar-refractivity contribution < 1.29 is 29.0 Å². The summed E-state index contributed by atoms with van der Waals surface area (Å²) in [5.74, 6) is -2.48. The second kappa shape index (κ2) is 8.22. The van der Waals surface area contributed by atoms with Crippen molar-refractivity contribution in [3.8, 4) is 0 Å². The van der Waals surface area contributed by atoms with Crippen molar-refractivity contribution >= 4 is 63.1 Å². The molecule has 0 heterocycles. The van der Waals surface area contributed by atoms with Crippen molar-refractivity contribution in [2.24, 2.45) is 5.92 Å². The van der Waals surface area contributed by atoms with Crippen LogP contribution in [0.3, 0.4) is 0 Å². The summed E-state index contributed by atoms with van der Waals surface area (Å²) in [7, 11) is 0. The number of carbonyl (C=O) groups excluding carboxylic acids is 2. The molecular formula is C11H14I2O6. The van der Waals surface area contributed by atoms with Crippen LogP contribution in [-0.4, -0.2) is 44.1 Å². The predicted molar refractivity (Wildman–Crippen MR) is 82.5 cm³/mol. The maximum Gasteiger partial charge on any atom is 0.316 e. The molecule has 0 amide bonds. The minimum absolute atomic E-state index is 0.165. The van der Waals surface area contributed by atoms with Crippen molar-refractivity contribution in [3.63, 3.8) is 0 Å². The number of ether oxygens (including phenoxy) is 2. The fourth-order valence-electron chi connectivity index (χ4n) is 2.03. The number of hydrogen-bond donors (Lipinski definition) is 1. The Hall–Kier alpha value is -0.130. The number of aliphatic carboxylic acids is 1. The molecule has 1 saturated carbocycles. The number of rotatable bonds is 5. The zero-order chi connectivity index (χ0) is 14.4. The molecule has 1 N–H and O–H groups in total. The molecule has 0 radical (unpaired) electrons. The van der Waals surface area contributed by atoms with Crippen LogP contribution in [0.25, 0.3) is 0 Å². The smallest absolute Gasteiger partial charge is 0.316 e. The molecular weight excluding hydrogens is 482 g/mol. The lowest BCUT2D eigenvalue weighted by molar-refractivity contribution is -0.165. The lowest BCUT2D eigenvalue weighted by Gasteiger charge is -2.32. The minimum atomic E-state index is -0.982. The van der Waals surface area contributed by atoms with Crippen LogP contribution >= 0.6 is 45.2 Å². The van der Waals surface area contributed by atoms with E-state index in [9.17, 15) is 14.4 Å². The van der Waals surface area contributed by atoms with Crippen LogP contribution in [0.4, 0.5) is 0 Å².